The van der Waals surface area contributed by atoms with Crippen molar-refractivity contribution in [3.05, 3.63) is 0 Å². The van der Waals surface area contributed by atoms with Gasteiger partial charge in [0.05, 0.1) is 0 Å². The molecule has 1 N–H and O–H groups in total. The van der Waals surface area contributed by atoms with Gasteiger partial charge in [-0.3, -0.25) is 4.90 Å². The van der Waals surface area contributed by atoms with E-state index in [0.29, 0.717) is 5.41 Å². The Balaban J connectivity index is 1.46. The molecule has 2 nitrogen and oxygen atoms in total. The Bertz CT molecular complexity index is 303. The Hall–Kier alpha value is -0.0800. The van der Waals surface area contributed by atoms with Crippen molar-refractivity contribution in [2.24, 2.45) is 17.3 Å². The Kier molecular flexibility index (Phi) is 2.92. The molecule has 2 saturated heterocycles. The van der Waals surface area contributed by atoms with E-state index in [2.05, 4.69) is 10.2 Å². The molecule has 2 aliphatic carbocycles. The van der Waals surface area contributed by atoms with Crippen LogP contribution in [0.25, 0.3) is 0 Å². The normalized spacial score (nSPS) is 49.0. The molecule has 1 spiro atoms. The van der Waals surface area contributed by atoms with Gasteiger partial charge in [-0.05, 0) is 75.3 Å². The second-order valence-electron chi connectivity index (χ2n) is 7.60. The Morgan fingerprint density at radius 3 is 2.72 bits per heavy atom. The molecule has 2 aliphatic heterocycles. The highest BCUT2D eigenvalue weighted by Crippen LogP contribution is 2.48. The van der Waals surface area contributed by atoms with Gasteiger partial charge in [0, 0.05) is 19.1 Å². The second-order valence-corrected chi connectivity index (χ2v) is 7.60. The van der Waals surface area contributed by atoms with Gasteiger partial charge in [0.1, 0.15) is 0 Å². The fourth-order valence-electron chi connectivity index (χ4n) is 5.57. The van der Waals surface area contributed by atoms with E-state index in [9.17, 15) is 0 Å². The lowest BCUT2D eigenvalue weighted by Crippen LogP contribution is -2.54. The molecule has 2 bridgehead atoms. The molecule has 2 heterocycles. The van der Waals surface area contributed by atoms with E-state index in [1.807, 2.05) is 0 Å². The third kappa shape index (κ3) is 1.92. The lowest BCUT2D eigenvalue weighted by molar-refractivity contribution is 0.0210. The molecule has 0 amide bonds. The van der Waals surface area contributed by atoms with Crippen LogP contribution in [0.4, 0.5) is 0 Å². The summed E-state index contributed by atoms with van der Waals surface area (Å²) in [5.41, 5.74) is 0.651. The first-order valence-electron chi connectivity index (χ1n) is 8.29. The molecule has 102 valence electrons. The second kappa shape index (κ2) is 4.49. The molecule has 2 saturated carbocycles. The molecule has 4 unspecified atom stereocenters. The summed E-state index contributed by atoms with van der Waals surface area (Å²) in [4.78, 5) is 2.92. The summed E-state index contributed by atoms with van der Waals surface area (Å²) in [5.74, 6) is 2.17. The SMILES string of the molecule is C1CNCC2(C1)CCCN(C1CC3CCC1C3)C2. The fourth-order valence-corrected chi connectivity index (χ4v) is 5.57. The van der Waals surface area contributed by atoms with Crippen molar-refractivity contribution in [2.75, 3.05) is 26.2 Å². The monoisotopic (exact) mass is 248 g/mol. The van der Waals surface area contributed by atoms with Crippen molar-refractivity contribution in [2.45, 2.75) is 57.4 Å². The van der Waals surface area contributed by atoms with Gasteiger partial charge in [0.25, 0.3) is 0 Å². The Morgan fingerprint density at radius 1 is 1.06 bits per heavy atom. The predicted octanol–water partition coefficient (Wildman–Crippen LogP) is 2.64. The van der Waals surface area contributed by atoms with Gasteiger partial charge >= 0.3 is 0 Å². The summed E-state index contributed by atoms with van der Waals surface area (Å²) in [6, 6.07) is 0.975. The molecule has 4 fully saturated rings. The minimum Gasteiger partial charge on any atom is -0.316 e. The molecule has 0 radical (unpaired) electrons. The number of fused-ring (bicyclic) bond motifs is 2. The minimum absolute atomic E-state index is 0.651. The van der Waals surface area contributed by atoms with Crippen LogP contribution in [0.2, 0.25) is 0 Å². The van der Waals surface area contributed by atoms with Crippen molar-refractivity contribution < 1.29 is 0 Å². The maximum absolute atomic E-state index is 3.66. The zero-order chi connectivity index (χ0) is 12.0. The van der Waals surface area contributed by atoms with Crippen LogP contribution in [-0.4, -0.2) is 37.1 Å². The third-order valence-electron chi connectivity index (χ3n) is 6.42. The fraction of sp³-hybridized carbons (Fsp3) is 1.00. The summed E-state index contributed by atoms with van der Waals surface area (Å²) < 4.78 is 0. The van der Waals surface area contributed by atoms with Crippen molar-refractivity contribution in [3.8, 4) is 0 Å². The highest BCUT2D eigenvalue weighted by molar-refractivity contribution is 4.99. The predicted molar refractivity (Wildman–Crippen MR) is 74.6 cm³/mol. The highest BCUT2D eigenvalue weighted by atomic mass is 15.2. The molecule has 0 aromatic carbocycles. The smallest absolute Gasteiger partial charge is 0.0126 e. The van der Waals surface area contributed by atoms with Crippen LogP contribution >= 0.6 is 0 Å². The summed E-state index contributed by atoms with van der Waals surface area (Å²) >= 11 is 0. The van der Waals surface area contributed by atoms with Crippen LogP contribution in [0.1, 0.15) is 51.4 Å². The van der Waals surface area contributed by atoms with E-state index in [1.165, 1.54) is 64.7 Å². The van der Waals surface area contributed by atoms with Gasteiger partial charge in [-0.15, -0.1) is 0 Å². The summed E-state index contributed by atoms with van der Waals surface area (Å²) in [6.07, 6.45) is 12.0. The van der Waals surface area contributed by atoms with Crippen LogP contribution in [-0.2, 0) is 0 Å². The molecule has 4 atom stereocenters. The number of nitrogens with one attached hydrogen (secondary N) is 1. The van der Waals surface area contributed by atoms with E-state index >= 15 is 0 Å². The minimum atomic E-state index is 0.651. The average molecular weight is 248 g/mol. The number of likely N-dealkylation sites (tertiary alicyclic amines) is 1. The van der Waals surface area contributed by atoms with Gasteiger partial charge in [0.2, 0.25) is 0 Å². The molecular formula is C16H28N2. The van der Waals surface area contributed by atoms with Crippen LogP contribution in [0.3, 0.4) is 0 Å². The first-order valence-corrected chi connectivity index (χ1v) is 8.29. The number of piperidine rings is 2. The first kappa shape index (κ1) is 11.7. The van der Waals surface area contributed by atoms with Crippen LogP contribution in [0.15, 0.2) is 0 Å². The maximum Gasteiger partial charge on any atom is 0.0126 e. The zero-order valence-electron chi connectivity index (χ0n) is 11.7. The van der Waals surface area contributed by atoms with Gasteiger partial charge in [-0.2, -0.15) is 0 Å². The molecular weight excluding hydrogens is 220 g/mol. The van der Waals surface area contributed by atoms with Crippen LogP contribution in [0.5, 0.6) is 0 Å². The standard InChI is InChI=1S/C16H28N2/c1-5-16(11-17-7-1)6-2-8-18(12-16)15-10-13-3-4-14(15)9-13/h13-15,17H,1-12H2. The van der Waals surface area contributed by atoms with Crippen molar-refractivity contribution in [1.29, 1.82) is 0 Å². The number of hydrogen-bond donors (Lipinski definition) is 1. The van der Waals surface area contributed by atoms with Crippen LogP contribution in [0, 0.1) is 17.3 Å². The van der Waals surface area contributed by atoms with Crippen molar-refractivity contribution >= 4 is 0 Å². The summed E-state index contributed by atoms with van der Waals surface area (Å²) in [6.45, 7) is 5.36. The number of rotatable bonds is 1. The molecule has 4 aliphatic rings. The van der Waals surface area contributed by atoms with Gasteiger partial charge in [0.15, 0.2) is 0 Å². The van der Waals surface area contributed by atoms with E-state index in [1.54, 1.807) is 12.8 Å². The Labute approximate surface area is 111 Å². The third-order valence-corrected chi connectivity index (χ3v) is 6.42. The zero-order valence-corrected chi connectivity index (χ0v) is 11.7. The molecule has 0 aromatic rings. The van der Waals surface area contributed by atoms with E-state index in [-0.39, 0.29) is 0 Å². The van der Waals surface area contributed by atoms with Gasteiger partial charge in [-0.1, -0.05) is 6.42 Å². The van der Waals surface area contributed by atoms with Crippen molar-refractivity contribution in [1.82, 2.24) is 10.2 Å². The largest absolute Gasteiger partial charge is 0.316 e. The summed E-state index contributed by atoms with van der Waals surface area (Å²) in [7, 11) is 0. The van der Waals surface area contributed by atoms with E-state index in [0.717, 1.165) is 17.9 Å². The average Bonchev–Trinajstić information content (AvgIpc) is 3.02. The van der Waals surface area contributed by atoms with Gasteiger partial charge < -0.3 is 5.32 Å². The topological polar surface area (TPSA) is 15.3 Å². The highest BCUT2D eigenvalue weighted by Gasteiger charge is 2.45. The first-order chi connectivity index (χ1) is 8.85. The number of hydrogen-bond acceptors (Lipinski definition) is 2. The molecule has 0 aromatic heterocycles. The summed E-state index contributed by atoms with van der Waals surface area (Å²) in [5, 5.41) is 3.66. The van der Waals surface area contributed by atoms with E-state index < -0.39 is 0 Å². The quantitative estimate of drug-likeness (QED) is 0.767. The van der Waals surface area contributed by atoms with E-state index in [4.69, 9.17) is 0 Å². The Morgan fingerprint density at radius 2 is 2.00 bits per heavy atom. The lowest BCUT2D eigenvalue weighted by atomic mass is 9.73. The number of nitrogens with zero attached hydrogens (tertiary/aromatic N) is 1. The lowest BCUT2D eigenvalue weighted by Gasteiger charge is -2.48. The molecule has 4 rings (SSSR count). The molecule has 18 heavy (non-hydrogen) atoms. The molecule has 2 heteroatoms. The van der Waals surface area contributed by atoms with Crippen LogP contribution < -0.4 is 5.32 Å². The van der Waals surface area contributed by atoms with Crippen molar-refractivity contribution in [3.63, 3.8) is 0 Å². The van der Waals surface area contributed by atoms with Gasteiger partial charge in [-0.25, -0.2) is 0 Å². The maximum atomic E-state index is 3.66.